The molecule has 0 bridgehead atoms. The number of benzene rings is 1. The predicted molar refractivity (Wildman–Crippen MR) is 77.9 cm³/mol. The molecule has 0 aliphatic carbocycles. The van der Waals surface area contributed by atoms with Crippen LogP contribution in [0.25, 0.3) is 0 Å². The SMILES string of the molecule is C=C(CC(C)OC(=O)c1cc(O)c(O)c(O)c1)/C(O)=C\CO. The molecular formula is C15H18O7. The Balaban J connectivity index is 2.73. The fraction of sp³-hybridized carbons (Fsp3) is 0.267. The van der Waals surface area contributed by atoms with Crippen molar-refractivity contribution in [2.45, 2.75) is 19.4 Å². The molecule has 0 heterocycles. The first kappa shape index (κ1) is 17.4. The van der Waals surface area contributed by atoms with Crippen molar-refractivity contribution in [3.63, 3.8) is 0 Å². The van der Waals surface area contributed by atoms with Crippen LogP contribution in [0, 0.1) is 0 Å². The van der Waals surface area contributed by atoms with Gasteiger partial charge in [-0.2, -0.15) is 0 Å². The first-order valence-electron chi connectivity index (χ1n) is 6.40. The molecule has 0 amide bonds. The Kier molecular flexibility index (Phi) is 5.82. The quantitative estimate of drug-likeness (QED) is 0.234. The van der Waals surface area contributed by atoms with E-state index in [1.165, 1.54) is 0 Å². The number of carbonyl (C=O) groups is 1. The van der Waals surface area contributed by atoms with Gasteiger partial charge in [-0.3, -0.25) is 0 Å². The fourth-order valence-corrected chi connectivity index (χ4v) is 1.70. The summed E-state index contributed by atoms with van der Waals surface area (Å²) < 4.78 is 5.08. The van der Waals surface area contributed by atoms with Crippen LogP contribution in [-0.2, 0) is 4.74 Å². The number of esters is 1. The van der Waals surface area contributed by atoms with Crippen molar-refractivity contribution in [3.8, 4) is 17.2 Å². The van der Waals surface area contributed by atoms with E-state index < -0.39 is 29.3 Å². The molecule has 0 aliphatic rings. The molecule has 120 valence electrons. The second-order valence-corrected chi connectivity index (χ2v) is 4.66. The molecule has 0 aromatic heterocycles. The van der Waals surface area contributed by atoms with E-state index in [1.807, 2.05) is 0 Å². The number of aromatic hydroxyl groups is 3. The maximum atomic E-state index is 11.9. The van der Waals surface area contributed by atoms with Gasteiger partial charge in [-0.1, -0.05) is 6.58 Å². The Labute approximate surface area is 127 Å². The van der Waals surface area contributed by atoms with Crippen LogP contribution in [0.3, 0.4) is 0 Å². The van der Waals surface area contributed by atoms with Gasteiger partial charge in [0.05, 0.1) is 12.2 Å². The molecule has 5 N–H and O–H groups in total. The third kappa shape index (κ3) is 4.42. The summed E-state index contributed by atoms with van der Waals surface area (Å²) in [6, 6.07) is 1.92. The Morgan fingerprint density at radius 2 is 1.86 bits per heavy atom. The topological polar surface area (TPSA) is 127 Å². The first-order chi connectivity index (χ1) is 10.3. The number of hydrogen-bond acceptors (Lipinski definition) is 7. The van der Waals surface area contributed by atoms with Crippen molar-refractivity contribution in [1.29, 1.82) is 0 Å². The van der Waals surface area contributed by atoms with Gasteiger partial charge in [0, 0.05) is 6.42 Å². The van der Waals surface area contributed by atoms with Crippen molar-refractivity contribution in [3.05, 3.63) is 41.7 Å². The van der Waals surface area contributed by atoms with Crippen molar-refractivity contribution in [2.75, 3.05) is 6.61 Å². The molecule has 0 fully saturated rings. The highest BCUT2D eigenvalue weighted by Crippen LogP contribution is 2.35. The average Bonchev–Trinajstić information content (AvgIpc) is 2.44. The second-order valence-electron chi connectivity index (χ2n) is 4.66. The molecule has 0 saturated heterocycles. The van der Waals surface area contributed by atoms with Gasteiger partial charge in [0.15, 0.2) is 17.2 Å². The first-order valence-corrected chi connectivity index (χ1v) is 6.40. The van der Waals surface area contributed by atoms with E-state index in [2.05, 4.69) is 6.58 Å². The zero-order valence-corrected chi connectivity index (χ0v) is 12.0. The summed E-state index contributed by atoms with van der Waals surface area (Å²) in [5.74, 6) is -3.03. The molecule has 7 nitrogen and oxygen atoms in total. The van der Waals surface area contributed by atoms with Crippen molar-refractivity contribution < 1.29 is 35.1 Å². The number of allylic oxidation sites excluding steroid dienone is 1. The molecule has 0 spiro atoms. The van der Waals surface area contributed by atoms with Crippen LogP contribution in [0.2, 0.25) is 0 Å². The largest absolute Gasteiger partial charge is 0.508 e. The minimum absolute atomic E-state index is 0.129. The number of phenolic OH excluding ortho intramolecular Hbond substituents is 3. The monoisotopic (exact) mass is 310 g/mol. The highest BCUT2D eigenvalue weighted by Gasteiger charge is 2.18. The fourth-order valence-electron chi connectivity index (χ4n) is 1.70. The maximum absolute atomic E-state index is 11.9. The maximum Gasteiger partial charge on any atom is 0.338 e. The predicted octanol–water partition coefficient (Wildman–Crippen LogP) is 1.73. The highest BCUT2D eigenvalue weighted by molar-refractivity contribution is 5.91. The summed E-state index contributed by atoms with van der Waals surface area (Å²) in [7, 11) is 0. The van der Waals surface area contributed by atoms with Crippen LogP contribution in [0.1, 0.15) is 23.7 Å². The van der Waals surface area contributed by atoms with E-state index in [-0.39, 0.29) is 29.9 Å². The second kappa shape index (κ2) is 7.37. The van der Waals surface area contributed by atoms with Crippen molar-refractivity contribution in [2.24, 2.45) is 0 Å². The van der Waals surface area contributed by atoms with Gasteiger partial charge in [-0.05, 0) is 30.7 Å². The van der Waals surface area contributed by atoms with Gasteiger partial charge in [0.2, 0.25) is 0 Å². The van der Waals surface area contributed by atoms with Gasteiger partial charge >= 0.3 is 5.97 Å². The molecule has 1 aromatic rings. The van der Waals surface area contributed by atoms with E-state index >= 15 is 0 Å². The summed E-state index contributed by atoms with van der Waals surface area (Å²) in [5.41, 5.74) is 0.145. The van der Waals surface area contributed by atoms with Crippen LogP contribution in [0.15, 0.2) is 36.1 Å². The standard InChI is InChI=1S/C15H18O7/c1-8(11(17)3-4-16)5-9(2)22-15(21)10-6-12(18)14(20)13(19)7-10/h3,6-7,9,16-20H,1,4-5H2,2H3/b11-3+. The third-order valence-corrected chi connectivity index (χ3v) is 2.79. The summed E-state index contributed by atoms with van der Waals surface area (Å²) in [6.07, 6.45) is 0.643. The minimum Gasteiger partial charge on any atom is -0.508 e. The van der Waals surface area contributed by atoms with Gasteiger partial charge < -0.3 is 30.3 Å². The van der Waals surface area contributed by atoms with E-state index in [0.717, 1.165) is 18.2 Å². The van der Waals surface area contributed by atoms with E-state index in [4.69, 9.17) is 9.84 Å². The molecule has 0 aliphatic heterocycles. The Morgan fingerprint density at radius 1 is 1.32 bits per heavy atom. The molecule has 22 heavy (non-hydrogen) atoms. The van der Waals surface area contributed by atoms with Crippen LogP contribution in [0.5, 0.6) is 17.2 Å². The number of aliphatic hydroxyl groups excluding tert-OH is 2. The molecule has 0 radical (unpaired) electrons. The zero-order valence-electron chi connectivity index (χ0n) is 12.0. The van der Waals surface area contributed by atoms with Crippen LogP contribution >= 0.6 is 0 Å². The molecule has 1 atom stereocenters. The molecule has 1 aromatic carbocycles. The summed E-state index contributed by atoms with van der Waals surface area (Å²) in [5, 5.41) is 46.0. The van der Waals surface area contributed by atoms with Crippen LogP contribution < -0.4 is 0 Å². The zero-order chi connectivity index (χ0) is 16.9. The van der Waals surface area contributed by atoms with Gasteiger partial charge in [0.25, 0.3) is 0 Å². The van der Waals surface area contributed by atoms with Crippen molar-refractivity contribution >= 4 is 5.97 Å². The van der Waals surface area contributed by atoms with E-state index in [0.29, 0.717) is 0 Å². The average molecular weight is 310 g/mol. The highest BCUT2D eigenvalue weighted by atomic mass is 16.5. The number of carbonyl (C=O) groups excluding carboxylic acids is 1. The van der Waals surface area contributed by atoms with Crippen molar-refractivity contribution in [1.82, 2.24) is 0 Å². The Hall–Kier alpha value is -2.67. The lowest BCUT2D eigenvalue weighted by Crippen LogP contribution is -2.16. The summed E-state index contributed by atoms with van der Waals surface area (Å²) in [4.78, 5) is 11.9. The Morgan fingerprint density at radius 3 is 2.36 bits per heavy atom. The van der Waals surface area contributed by atoms with E-state index in [1.54, 1.807) is 6.92 Å². The molecule has 0 saturated carbocycles. The Bertz CT molecular complexity index is 581. The molecule has 1 rings (SSSR count). The summed E-state index contributed by atoms with van der Waals surface area (Å²) >= 11 is 0. The number of ether oxygens (including phenoxy) is 1. The van der Waals surface area contributed by atoms with Crippen LogP contribution in [0.4, 0.5) is 0 Å². The van der Waals surface area contributed by atoms with Gasteiger partial charge in [-0.25, -0.2) is 4.79 Å². The smallest absolute Gasteiger partial charge is 0.338 e. The molecule has 7 heteroatoms. The normalized spacial score (nSPS) is 12.7. The molecule has 1 unspecified atom stereocenters. The number of phenols is 3. The van der Waals surface area contributed by atoms with Gasteiger partial charge in [0.1, 0.15) is 11.9 Å². The van der Waals surface area contributed by atoms with Crippen LogP contribution in [-0.4, -0.2) is 44.2 Å². The molecular weight excluding hydrogens is 292 g/mol. The number of hydrogen-bond donors (Lipinski definition) is 5. The third-order valence-electron chi connectivity index (χ3n) is 2.79. The minimum atomic E-state index is -0.823. The lowest BCUT2D eigenvalue weighted by atomic mass is 10.1. The van der Waals surface area contributed by atoms with E-state index in [9.17, 15) is 25.2 Å². The lowest BCUT2D eigenvalue weighted by molar-refractivity contribution is 0.0340. The lowest BCUT2D eigenvalue weighted by Gasteiger charge is -2.15. The van der Waals surface area contributed by atoms with Gasteiger partial charge in [-0.15, -0.1) is 0 Å². The number of rotatable bonds is 6. The number of aliphatic hydroxyl groups is 2. The summed E-state index contributed by atoms with van der Waals surface area (Å²) in [6.45, 7) is 4.82.